The summed E-state index contributed by atoms with van der Waals surface area (Å²) >= 11 is 0. The summed E-state index contributed by atoms with van der Waals surface area (Å²) in [6.07, 6.45) is 1.85. The van der Waals surface area contributed by atoms with E-state index >= 15 is 0 Å². The maximum Gasteiger partial charge on any atom is 0.231 e. The molecule has 2 heterocycles. The quantitative estimate of drug-likeness (QED) is 0.725. The first kappa shape index (κ1) is 13.7. The van der Waals surface area contributed by atoms with Gasteiger partial charge in [0.05, 0.1) is 0 Å². The van der Waals surface area contributed by atoms with Crippen LogP contribution in [0, 0.1) is 6.92 Å². The molecule has 116 valence electrons. The second kappa shape index (κ2) is 5.35. The number of nitrogens with one attached hydrogen (secondary N) is 1. The summed E-state index contributed by atoms with van der Waals surface area (Å²) in [5.41, 5.74) is 9.06. The van der Waals surface area contributed by atoms with Crippen molar-refractivity contribution in [3.05, 3.63) is 53.7 Å². The minimum absolute atomic E-state index is 0.287. The number of anilines is 2. The van der Waals surface area contributed by atoms with Crippen molar-refractivity contribution in [3.8, 4) is 11.5 Å². The molecule has 0 fully saturated rings. The highest BCUT2D eigenvalue weighted by Crippen LogP contribution is 2.33. The van der Waals surface area contributed by atoms with Crippen molar-refractivity contribution in [1.29, 1.82) is 0 Å². The lowest BCUT2D eigenvalue weighted by Gasteiger charge is -2.12. The molecule has 5 nitrogen and oxygen atoms in total. The molecule has 0 radical (unpaired) electrons. The summed E-state index contributed by atoms with van der Waals surface area (Å²) in [6.45, 7) is 2.96. The van der Waals surface area contributed by atoms with Gasteiger partial charge in [-0.1, -0.05) is 18.2 Å². The second-order valence-electron chi connectivity index (χ2n) is 5.60. The van der Waals surface area contributed by atoms with Crippen molar-refractivity contribution >= 4 is 22.3 Å². The molecule has 1 aliphatic heterocycles. The molecule has 3 aromatic rings. The van der Waals surface area contributed by atoms with Crippen molar-refractivity contribution in [2.75, 3.05) is 17.8 Å². The molecule has 0 atom stereocenters. The highest BCUT2D eigenvalue weighted by Gasteiger charge is 2.13. The zero-order chi connectivity index (χ0) is 15.8. The molecule has 0 spiro atoms. The number of hydrogen-bond acceptors (Lipinski definition) is 5. The van der Waals surface area contributed by atoms with E-state index in [1.807, 2.05) is 49.5 Å². The van der Waals surface area contributed by atoms with Gasteiger partial charge in [0, 0.05) is 29.2 Å². The third-order valence-electron chi connectivity index (χ3n) is 4.03. The van der Waals surface area contributed by atoms with Crippen LogP contribution >= 0.6 is 0 Å². The van der Waals surface area contributed by atoms with Gasteiger partial charge in [-0.2, -0.15) is 0 Å². The number of nitrogens with two attached hydrogens (primary N) is 1. The van der Waals surface area contributed by atoms with Gasteiger partial charge in [-0.05, 0) is 36.2 Å². The summed E-state index contributed by atoms with van der Waals surface area (Å²) in [7, 11) is 0. The predicted octanol–water partition coefficient (Wildman–Crippen LogP) is 3.47. The summed E-state index contributed by atoms with van der Waals surface area (Å²) in [6, 6.07) is 11.8. The Hall–Kier alpha value is -2.95. The van der Waals surface area contributed by atoms with E-state index in [9.17, 15) is 0 Å². The standard InChI is InChI=1S/C18H17N3O2/c1-11-8-20-18(13-3-2-4-14(19)17(11)13)21-9-12-5-6-15-16(7-12)23-10-22-15/h2-8H,9-10,19H2,1H3,(H,20,21). The monoisotopic (exact) mass is 307 g/mol. The third kappa shape index (κ3) is 2.40. The van der Waals surface area contributed by atoms with E-state index in [0.717, 1.165) is 44.9 Å². The van der Waals surface area contributed by atoms with E-state index in [0.29, 0.717) is 6.54 Å². The van der Waals surface area contributed by atoms with E-state index in [1.54, 1.807) is 0 Å². The number of fused-ring (bicyclic) bond motifs is 2. The minimum Gasteiger partial charge on any atom is -0.454 e. The molecule has 3 N–H and O–H groups in total. The van der Waals surface area contributed by atoms with Crippen LogP contribution in [0.3, 0.4) is 0 Å². The van der Waals surface area contributed by atoms with Crippen LogP contribution in [0.25, 0.3) is 10.8 Å². The molecule has 4 rings (SSSR count). The van der Waals surface area contributed by atoms with Gasteiger partial charge in [-0.15, -0.1) is 0 Å². The number of nitrogens with zero attached hydrogens (tertiary/aromatic N) is 1. The van der Waals surface area contributed by atoms with Crippen molar-refractivity contribution in [3.63, 3.8) is 0 Å². The predicted molar refractivity (Wildman–Crippen MR) is 90.8 cm³/mol. The first-order valence-corrected chi connectivity index (χ1v) is 7.48. The van der Waals surface area contributed by atoms with Crippen LogP contribution in [0.2, 0.25) is 0 Å². The average molecular weight is 307 g/mol. The fourth-order valence-electron chi connectivity index (χ4n) is 2.88. The molecule has 0 amide bonds. The van der Waals surface area contributed by atoms with Gasteiger partial charge in [0.1, 0.15) is 5.82 Å². The molecule has 0 unspecified atom stereocenters. The van der Waals surface area contributed by atoms with E-state index in [1.165, 1.54) is 0 Å². The Morgan fingerprint density at radius 1 is 1.17 bits per heavy atom. The largest absolute Gasteiger partial charge is 0.454 e. The van der Waals surface area contributed by atoms with Crippen LogP contribution in [-0.4, -0.2) is 11.8 Å². The van der Waals surface area contributed by atoms with Gasteiger partial charge < -0.3 is 20.5 Å². The lowest BCUT2D eigenvalue weighted by atomic mass is 10.1. The lowest BCUT2D eigenvalue weighted by molar-refractivity contribution is 0.174. The molecule has 0 aliphatic carbocycles. The first-order valence-electron chi connectivity index (χ1n) is 7.48. The highest BCUT2D eigenvalue weighted by atomic mass is 16.7. The van der Waals surface area contributed by atoms with Gasteiger partial charge in [0.15, 0.2) is 11.5 Å². The second-order valence-corrected chi connectivity index (χ2v) is 5.60. The summed E-state index contributed by atoms with van der Waals surface area (Å²) in [5.74, 6) is 2.41. The molecule has 1 aliphatic rings. The molecule has 0 bridgehead atoms. The maximum atomic E-state index is 6.11. The van der Waals surface area contributed by atoms with Crippen LogP contribution in [0.15, 0.2) is 42.6 Å². The Morgan fingerprint density at radius 3 is 2.96 bits per heavy atom. The molecule has 0 saturated carbocycles. The number of aromatic nitrogens is 1. The van der Waals surface area contributed by atoms with Crippen LogP contribution in [-0.2, 0) is 6.54 Å². The number of aryl methyl sites for hydroxylation is 1. The van der Waals surface area contributed by atoms with E-state index < -0.39 is 0 Å². The molecule has 2 aromatic carbocycles. The zero-order valence-corrected chi connectivity index (χ0v) is 12.8. The minimum atomic E-state index is 0.287. The number of ether oxygens (including phenoxy) is 2. The van der Waals surface area contributed by atoms with Gasteiger partial charge in [-0.3, -0.25) is 0 Å². The number of benzene rings is 2. The van der Waals surface area contributed by atoms with Gasteiger partial charge in [0.2, 0.25) is 6.79 Å². The number of hydrogen-bond donors (Lipinski definition) is 2. The van der Waals surface area contributed by atoms with Crippen LogP contribution in [0.1, 0.15) is 11.1 Å². The Bertz CT molecular complexity index is 885. The first-order chi connectivity index (χ1) is 11.2. The molecule has 0 saturated heterocycles. The van der Waals surface area contributed by atoms with Crippen molar-refractivity contribution in [2.24, 2.45) is 0 Å². The fourth-order valence-corrected chi connectivity index (χ4v) is 2.88. The molecular weight excluding hydrogens is 290 g/mol. The lowest BCUT2D eigenvalue weighted by Crippen LogP contribution is -2.03. The van der Waals surface area contributed by atoms with Crippen molar-refractivity contribution in [2.45, 2.75) is 13.5 Å². The summed E-state index contributed by atoms with van der Waals surface area (Å²) < 4.78 is 10.7. The van der Waals surface area contributed by atoms with Crippen LogP contribution in [0.4, 0.5) is 11.5 Å². The zero-order valence-electron chi connectivity index (χ0n) is 12.8. The van der Waals surface area contributed by atoms with Crippen molar-refractivity contribution < 1.29 is 9.47 Å². The van der Waals surface area contributed by atoms with E-state index in [-0.39, 0.29) is 6.79 Å². The van der Waals surface area contributed by atoms with Gasteiger partial charge in [-0.25, -0.2) is 4.98 Å². The SMILES string of the molecule is Cc1cnc(NCc2ccc3c(c2)OCO3)c2cccc(N)c12. The maximum absolute atomic E-state index is 6.11. The molecular formula is C18H17N3O2. The van der Waals surface area contributed by atoms with Crippen LogP contribution in [0.5, 0.6) is 11.5 Å². The van der Waals surface area contributed by atoms with Gasteiger partial charge >= 0.3 is 0 Å². The molecule has 5 heteroatoms. The average Bonchev–Trinajstić information content (AvgIpc) is 3.02. The van der Waals surface area contributed by atoms with Crippen molar-refractivity contribution in [1.82, 2.24) is 4.98 Å². The number of rotatable bonds is 3. The summed E-state index contributed by atoms with van der Waals surface area (Å²) in [4.78, 5) is 4.51. The number of pyridine rings is 1. The third-order valence-corrected chi connectivity index (χ3v) is 4.03. The Balaban J connectivity index is 1.63. The smallest absolute Gasteiger partial charge is 0.231 e. The Morgan fingerprint density at radius 2 is 2.04 bits per heavy atom. The Labute approximate surface area is 134 Å². The van der Waals surface area contributed by atoms with Crippen LogP contribution < -0.4 is 20.5 Å². The summed E-state index contributed by atoms with van der Waals surface area (Å²) in [5, 5.41) is 5.47. The normalized spacial score (nSPS) is 12.6. The fraction of sp³-hybridized carbons (Fsp3) is 0.167. The molecule has 1 aromatic heterocycles. The van der Waals surface area contributed by atoms with E-state index in [4.69, 9.17) is 15.2 Å². The highest BCUT2D eigenvalue weighted by molar-refractivity contribution is 6.01. The van der Waals surface area contributed by atoms with E-state index in [2.05, 4.69) is 10.3 Å². The number of nitrogen functional groups attached to an aromatic ring is 1. The topological polar surface area (TPSA) is 69.4 Å². The van der Waals surface area contributed by atoms with Gasteiger partial charge in [0.25, 0.3) is 0 Å². The Kier molecular flexibility index (Phi) is 3.19. The molecule has 23 heavy (non-hydrogen) atoms.